The van der Waals surface area contributed by atoms with Crippen molar-refractivity contribution >= 4 is 13.7 Å². The summed E-state index contributed by atoms with van der Waals surface area (Å²) in [4.78, 5) is 25.7. The van der Waals surface area contributed by atoms with Crippen molar-refractivity contribution in [3.63, 3.8) is 0 Å². The van der Waals surface area contributed by atoms with Crippen molar-refractivity contribution in [2.24, 2.45) is 0 Å². The second kappa shape index (κ2) is 73.0. The molecule has 0 bridgehead atoms. The molecule has 8 nitrogen and oxygen atoms in total. The zero-order chi connectivity index (χ0) is 66.2. The molecule has 0 radical (unpaired) electrons. The van der Waals surface area contributed by atoms with E-state index in [0.29, 0.717) is 17.4 Å². The van der Waals surface area contributed by atoms with Crippen LogP contribution < -0.4 is 10.2 Å². The van der Waals surface area contributed by atoms with Gasteiger partial charge in [0.1, 0.15) is 13.2 Å². The summed E-state index contributed by atoms with van der Waals surface area (Å²) >= 11 is 0. The smallest absolute Gasteiger partial charge is 0.268 e. The number of amides is 1. The van der Waals surface area contributed by atoms with Crippen LogP contribution in [0.25, 0.3) is 0 Å². The van der Waals surface area contributed by atoms with E-state index in [1.807, 2.05) is 27.2 Å². The van der Waals surface area contributed by atoms with Crippen molar-refractivity contribution in [2.45, 2.75) is 443 Å². The number of nitrogens with zero attached hydrogens (tertiary/aromatic N) is 1. The van der Waals surface area contributed by atoms with Gasteiger partial charge in [-0.3, -0.25) is 9.36 Å². The predicted octanol–water partition coefficient (Wildman–Crippen LogP) is 26.1. The first kappa shape index (κ1) is 89.7. The maximum Gasteiger partial charge on any atom is 0.268 e. The second-order valence-electron chi connectivity index (χ2n) is 29.5. The molecule has 0 aromatic carbocycles. The second-order valence-corrected chi connectivity index (χ2v) is 30.9. The minimum absolute atomic E-state index is 0.00693. The summed E-state index contributed by atoms with van der Waals surface area (Å²) in [6.07, 6.45) is 99.1. The molecule has 0 aliphatic rings. The van der Waals surface area contributed by atoms with Gasteiger partial charge in [0, 0.05) is 6.42 Å². The van der Waals surface area contributed by atoms with Gasteiger partial charge in [0.25, 0.3) is 7.82 Å². The van der Waals surface area contributed by atoms with E-state index in [2.05, 4.69) is 43.5 Å². The Morgan fingerprint density at radius 1 is 0.374 bits per heavy atom. The van der Waals surface area contributed by atoms with Gasteiger partial charge < -0.3 is 28.8 Å². The normalized spacial score (nSPS) is 13.6. The molecule has 91 heavy (non-hydrogen) atoms. The van der Waals surface area contributed by atoms with Crippen molar-refractivity contribution in [1.29, 1.82) is 0 Å². The molecule has 0 rings (SSSR count). The summed E-state index contributed by atoms with van der Waals surface area (Å²) in [6, 6.07) is -0.910. The summed E-state index contributed by atoms with van der Waals surface area (Å²) in [6.45, 7) is 4.69. The van der Waals surface area contributed by atoms with Gasteiger partial charge in [0.2, 0.25) is 5.91 Å². The molecule has 0 aromatic rings. The van der Waals surface area contributed by atoms with Crippen molar-refractivity contribution in [3.8, 4) is 0 Å². The lowest BCUT2D eigenvalue weighted by atomic mass is 10.0. The van der Waals surface area contributed by atoms with E-state index in [9.17, 15) is 19.4 Å². The number of likely N-dealkylation sites (N-methyl/N-ethyl adjacent to an activating group) is 1. The molecule has 9 heteroatoms. The highest BCUT2D eigenvalue weighted by molar-refractivity contribution is 7.45. The van der Waals surface area contributed by atoms with Gasteiger partial charge in [-0.1, -0.05) is 416 Å². The number of rotatable bonds is 77. The summed E-state index contributed by atoms with van der Waals surface area (Å²) < 4.78 is 23.5. The first-order valence-corrected chi connectivity index (χ1v) is 42.3. The number of carbonyl (C=O) groups excluding carboxylic acids is 1. The quantitative estimate of drug-likeness (QED) is 0.0272. The highest BCUT2D eigenvalue weighted by Gasteiger charge is 2.23. The van der Waals surface area contributed by atoms with Crippen LogP contribution >= 0.6 is 7.82 Å². The molecule has 0 heterocycles. The molecule has 3 atom stereocenters. The number of phosphoric ester groups is 1. The van der Waals surface area contributed by atoms with Crippen LogP contribution in [0.2, 0.25) is 0 Å². The Balaban J connectivity index is 3.94. The molecule has 540 valence electrons. The van der Waals surface area contributed by atoms with Crippen LogP contribution in [0.5, 0.6) is 0 Å². The molecule has 3 unspecified atom stereocenters. The van der Waals surface area contributed by atoms with Crippen LogP contribution in [-0.2, 0) is 18.4 Å². The molecule has 0 spiro atoms. The third-order valence-electron chi connectivity index (χ3n) is 19.1. The third-order valence-corrected chi connectivity index (χ3v) is 20.0. The fraction of sp³-hybridized carbons (Fsp3) is 0.915. The lowest BCUT2D eigenvalue weighted by molar-refractivity contribution is -0.870. The lowest BCUT2D eigenvalue weighted by Gasteiger charge is -2.29. The van der Waals surface area contributed by atoms with E-state index < -0.39 is 26.6 Å². The van der Waals surface area contributed by atoms with Gasteiger partial charge in [-0.2, -0.15) is 0 Å². The Labute approximate surface area is 569 Å². The van der Waals surface area contributed by atoms with Crippen LogP contribution in [0.3, 0.4) is 0 Å². The van der Waals surface area contributed by atoms with Crippen molar-refractivity contribution in [3.05, 3.63) is 36.5 Å². The highest BCUT2D eigenvalue weighted by atomic mass is 31.2. The Morgan fingerprint density at radius 2 is 0.615 bits per heavy atom. The molecule has 1 amide bonds. The summed E-state index contributed by atoms with van der Waals surface area (Å²) in [7, 11) is 1.25. The van der Waals surface area contributed by atoms with Gasteiger partial charge in [-0.05, 0) is 44.9 Å². The van der Waals surface area contributed by atoms with Gasteiger partial charge in [-0.25, -0.2) is 0 Å². The summed E-state index contributed by atoms with van der Waals surface area (Å²) in [5, 5.41) is 14.0. The Morgan fingerprint density at radius 3 is 0.890 bits per heavy atom. The van der Waals surface area contributed by atoms with E-state index in [-0.39, 0.29) is 12.5 Å². The Hall–Kier alpha value is -1.28. The average Bonchev–Trinajstić information content (AvgIpc) is 3.73. The largest absolute Gasteiger partial charge is 0.756 e. The Bertz CT molecular complexity index is 1580. The molecule has 0 fully saturated rings. The average molecular weight is 1300 g/mol. The predicted molar refractivity (Wildman–Crippen MR) is 399 cm³/mol. The van der Waals surface area contributed by atoms with Crippen LogP contribution in [0, 0.1) is 0 Å². The van der Waals surface area contributed by atoms with Gasteiger partial charge >= 0.3 is 0 Å². The zero-order valence-corrected chi connectivity index (χ0v) is 63.0. The maximum atomic E-state index is 13.1. The molecule has 0 aliphatic heterocycles. The minimum Gasteiger partial charge on any atom is -0.756 e. The van der Waals surface area contributed by atoms with Gasteiger partial charge in [0.15, 0.2) is 0 Å². The van der Waals surface area contributed by atoms with E-state index >= 15 is 0 Å². The maximum absolute atomic E-state index is 13.1. The lowest BCUT2D eigenvalue weighted by Crippen LogP contribution is -2.45. The molecule has 0 aromatic heterocycles. The SMILES string of the molecule is CCCCCCCCCCCCCCCCCCCCC/C=C/CC/C=C/CC/C=C/C(O)C(COP(=O)([O-])OCC[N+](C)(C)C)NC(=O)CCCCCCCCCCCCCCCCCCCCCCCCCCCCCCCCCCCCCCCCCC. The third kappa shape index (κ3) is 76.0. The first-order chi connectivity index (χ1) is 44.5. The highest BCUT2D eigenvalue weighted by Crippen LogP contribution is 2.38. The van der Waals surface area contributed by atoms with E-state index in [0.717, 1.165) is 44.9 Å². The molecule has 0 saturated carbocycles. The number of allylic oxidation sites excluding steroid dienone is 5. The van der Waals surface area contributed by atoms with Gasteiger partial charge in [0.05, 0.1) is 39.9 Å². The topological polar surface area (TPSA) is 108 Å². The van der Waals surface area contributed by atoms with Crippen LogP contribution in [0.4, 0.5) is 0 Å². The summed E-state index contributed by atoms with van der Waals surface area (Å²) in [5.41, 5.74) is 0. The Kier molecular flexibility index (Phi) is 72.0. The zero-order valence-electron chi connectivity index (χ0n) is 62.1. The van der Waals surface area contributed by atoms with Gasteiger partial charge in [-0.15, -0.1) is 0 Å². The van der Waals surface area contributed by atoms with Crippen LogP contribution in [0.1, 0.15) is 431 Å². The number of aliphatic hydroxyl groups excluding tert-OH is 1. The molecule has 2 N–H and O–H groups in total. The van der Waals surface area contributed by atoms with E-state index in [1.165, 1.54) is 366 Å². The van der Waals surface area contributed by atoms with E-state index in [1.54, 1.807) is 6.08 Å². The monoisotopic (exact) mass is 1300 g/mol. The van der Waals surface area contributed by atoms with Crippen molar-refractivity contribution in [2.75, 3.05) is 40.9 Å². The summed E-state index contributed by atoms with van der Waals surface area (Å²) in [5.74, 6) is -0.202. The molecular formula is C82H161N2O6P. The van der Waals surface area contributed by atoms with Crippen molar-refractivity contribution in [1.82, 2.24) is 5.32 Å². The number of nitrogens with one attached hydrogen (secondary N) is 1. The number of unbranched alkanes of at least 4 members (excludes halogenated alkanes) is 60. The molecule has 0 aliphatic carbocycles. The standard InChI is InChI=1S/C82H161N2O6P/c1-6-8-10-12-14-16-18-20-22-24-26-28-30-32-34-36-37-38-39-40-41-42-43-44-45-46-48-50-52-54-56-58-60-62-64-66-68-70-72-74-76-82(86)83-80(79-90-91(87,88)89-78-77-84(3,4)5)81(85)75-73-71-69-67-65-63-61-59-57-55-53-51-49-47-35-33-31-29-27-25-23-21-19-17-15-13-11-9-7-2/h57,59,65,67,73,75,80-81,85H,6-56,58,60-64,66,68-72,74,76-79H2,1-5H3,(H-,83,86,87,88)/b59-57+,67-65+,75-73+. The molecule has 0 saturated heterocycles. The number of carbonyl (C=O) groups is 1. The number of hydrogen-bond donors (Lipinski definition) is 2. The van der Waals surface area contributed by atoms with Crippen molar-refractivity contribution < 1.29 is 32.9 Å². The molecular weight excluding hydrogens is 1140 g/mol. The fourth-order valence-corrected chi connectivity index (χ4v) is 13.5. The number of aliphatic hydroxyl groups is 1. The number of hydrogen-bond acceptors (Lipinski definition) is 6. The number of phosphoric acid groups is 1. The number of quaternary nitrogens is 1. The fourth-order valence-electron chi connectivity index (χ4n) is 12.8. The minimum atomic E-state index is -4.62. The van der Waals surface area contributed by atoms with E-state index in [4.69, 9.17) is 9.05 Å². The van der Waals surface area contributed by atoms with Crippen LogP contribution in [-0.4, -0.2) is 68.5 Å². The van der Waals surface area contributed by atoms with Crippen LogP contribution in [0.15, 0.2) is 36.5 Å². The first-order valence-electron chi connectivity index (χ1n) is 40.9.